The Labute approximate surface area is 120 Å². The van der Waals surface area contributed by atoms with Crippen molar-refractivity contribution in [1.29, 1.82) is 0 Å². The van der Waals surface area contributed by atoms with Crippen LogP contribution in [-0.2, 0) is 0 Å². The van der Waals surface area contributed by atoms with E-state index in [1.54, 1.807) is 0 Å². The van der Waals surface area contributed by atoms with Gasteiger partial charge in [-0.1, -0.05) is 17.7 Å². The summed E-state index contributed by atoms with van der Waals surface area (Å²) in [6.07, 6.45) is 0. The lowest BCUT2D eigenvalue weighted by molar-refractivity contribution is 0.629. The molecule has 20 heavy (non-hydrogen) atoms. The van der Waals surface area contributed by atoms with Crippen LogP contribution in [-0.4, -0.2) is 15.5 Å². The van der Waals surface area contributed by atoms with Crippen LogP contribution >= 0.6 is 0 Å². The third-order valence-electron chi connectivity index (χ3n) is 2.66. The summed E-state index contributed by atoms with van der Waals surface area (Å²) in [5, 5.41) is 6.67. The van der Waals surface area contributed by atoms with Crippen LogP contribution in [0.5, 0.6) is 0 Å². The van der Waals surface area contributed by atoms with Crippen LogP contribution in [0.1, 0.15) is 32.2 Å². The maximum atomic E-state index is 4.42. The van der Waals surface area contributed by atoms with Gasteiger partial charge in [-0.2, -0.15) is 0 Å². The van der Waals surface area contributed by atoms with Crippen LogP contribution in [0.2, 0.25) is 0 Å². The zero-order valence-corrected chi connectivity index (χ0v) is 12.8. The number of benzene rings is 1. The number of hydrogen-bond acceptors (Lipinski definition) is 4. The Morgan fingerprint density at radius 2 is 1.50 bits per heavy atom. The van der Waals surface area contributed by atoms with E-state index in [0.29, 0.717) is 0 Å². The number of anilines is 3. The highest BCUT2D eigenvalue weighted by Gasteiger charge is 2.11. The van der Waals surface area contributed by atoms with Crippen LogP contribution in [0.25, 0.3) is 0 Å². The highest BCUT2D eigenvalue weighted by molar-refractivity contribution is 5.59. The third kappa shape index (κ3) is 4.23. The summed E-state index contributed by atoms with van der Waals surface area (Å²) in [5.41, 5.74) is 2.24. The molecule has 1 aromatic heterocycles. The quantitative estimate of drug-likeness (QED) is 0.883. The van der Waals surface area contributed by atoms with Crippen molar-refractivity contribution in [2.45, 2.75) is 40.2 Å². The summed E-state index contributed by atoms with van der Waals surface area (Å²) in [6, 6.07) is 10.2. The molecule has 1 aromatic carbocycles. The van der Waals surface area contributed by atoms with E-state index in [1.165, 1.54) is 5.56 Å². The molecule has 0 amide bonds. The van der Waals surface area contributed by atoms with E-state index in [1.807, 2.05) is 25.1 Å². The summed E-state index contributed by atoms with van der Waals surface area (Å²) in [5.74, 6) is 2.38. The molecule has 0 bridgehead atoms. The first-order valence-electron chi connectivity index (χ1n) is 6.79. The number of hydrogen-bond donors (Lipinski definition) is 2. The van der Waals surface area contributed by atoms with Crippen molar-refractivity contribution in [1.82, 2.24) is 9.97 Å². The van der Waals surface area contributed by atoms with Crippen LogP contribution in [0.3, 0.4) is 0 Å². The third-order valence-corrected chi connectivity index (χ3v) is 2.66. The molecule has 2 aromatic rings. The number of aromatic nitrogens is 2. The maximum Gasteiger partial charge on any atom is 0.136 e. The second-order valence-corrected chi connectivity index (χ2v) is 6.05. The van der Waals surface area contributed by atoms with E-state index in [4.69, 9.17) is 0 Å². The van der Waals surface area contributed by atoms with Gasteiger partial charge in [-0.25, -0.2) is 9.97 Å². The fourth-order valence-electron chi connectivity index (χ4n) is 1.86. The number of aryl methyl sites for hydroxylation is 2. The van der Waals surface area contributed by atoms with Gasteiger partial charge in [0.2, 0.25) is 0 Å². The van der Waals surface area contributed by atoms with E-state index in [9.17, 15) is 0 Å². The van der Waals surface area contributed by atoms with Crippen molar-refractivity contribution >= 4 is 17.3 Å². The molecule has 0 spiro atoms. The summed E-state index contributed by atoms with van der Waals surface area (Å²) in [7, 11) is 0. The second-order valence-electron chi connectivity index (χ2n) is 6.05. The minimum Gasteiger partial charge on any atom is -0.365 e. The normalized spacial score (nSPS) is 11.2. The molecule has 106 valence electrons. The molecule has 0 saturated heterocycles. The van der Waals surface area contributed by atoms with Crippen molar-refractivity contribution in [2.24, 2.45) is 0 Å². The molecule has 4 nitrogen and oxygen atoms in total. The van der Waals surface area contributed by atoms with Gasteiger partial charge in [-0.3, -0.25) is 0 Å². The first-order chi connectivity index (χ1) is 9.32. The van der Waals surface area contributed by atoms with Gasteiger partial charge in [0.1, 0.15) is 17.5 Å². The molecule has 0 atom stereocenters. The Morgan fingerprint density at radius 1 is 0.900 bits per heavy atom. The first-order valence-corrected chi connectivity index (χ1v) is 6.79. The number of rotatable bonds is 3. The molecule has 1 heterocycles. The molecule has 0 aliphatic carbocycles. The molecule has 2 rings (SSSR count). The Balaban J connectivity index is 2.21. The van der Waals surface area contributed by atoms with E-state index >= 15 is 0 Å². The highest BCUT2D eigenvalue weighted by Crippen LogP contribution is 2.19. The van der Waals surface area contributed by atoms with Crippen molar-refractivity contribution in [3.05, 3.63) is 41.7 Å². The predicted octanol–water partition coefficient (Wildman–Crippen LogP) is 4.05. The zero-order chi connectivity index (χ0) is 14.8. The average Bonchev–Trinajstić information content (AvgIpc) is 2.29. The van der Waals surface area contributed by atoms with E-state index < -0.39 is 0 Å². The average molecular weight is 270 g/mol. The Hall–Kier alpha value is -2.10. The minimum atomic E-state index is -0.0259. The molecule has 0 unspecified atom stereocenters. The number of nitrogens with one attached hydrogen (secondary N) is 2. The van der Waals surface area contributed by atoms with Gasteiger partial charge in [0.15, 0.2) is 0 Å². The SMILES string of the molecule is Cc1ccc(Nc2cc(NC(C)(C)C)nc(C)n2)cc1. The van der Waals surface area contributed by atoms with E-state index in [-0.39, 0.29) is 5.54 Å². The molecule has 0 radical (unpaired) electrons. The van der Waals surface area contributed by atoms with Gasteiger partial charge in [-0.05, 0) is 46.8 Å². The molecular formula is C16H22N4. The lowest BCUT2D eigenvalue weighted by atomic mass is 10.1. The maximum absolute atomic E-state index is 4.42. The zero-order valence-electron chi connectivity index (χ0n) is 12.8. The van der Waals surface area contributed by atoms with E-state index in [2.05, 4.69) is 60.4 Å². The minimum absolute atomic E-state index is 0.0259. The highest BCUT2D eigenvalue weighted by atomic mass is 15.1. The summed E-state index contributed by atoms with van der Waals surface area (Å²) in [4.78, 5) is 8.83. The topological polar surface area (TPSA) is 49.8 Å². The summed E-state index contributed by atoms with van der Waals surface area (Å²) >= 11 is 0. The van der Waals surface area contributed by atoms with Crippen LogP contribution in [0, 0.1) is 13.8 Å². The van der Waals surface area contributed by atoms with Gasteiger partial charge in [0.05, 0.1) is 0 Å². The van der Waals surface area contributed by atoms with Crippen LogP contribution < -0.4 is 10.6 Å². The molecule has 0 saturated carbocycles. The van der Waals surface area contributed by atoms with E-state index in [0.717, 1.165) is 23.1 Å². The fourth-order valence-corrected chi connectivity index (χ4v) is 1.86. The predicted molar refractivity (Wildman–Crippen MR) is 84.6 cm³/mol. The molecule has 0 fully saturated rings. The van der Waals surface area contributed by atoms with Crippen molar-refractivity contribution in [3.63, 3.8) is 0 Å². The molecule has 4 heteroatoms. The monoisotopic (exact) mass is 270 g/mol. The Kier molecular flexibility index (Phi) is 3.93. The first kappa shape index (κ1) is 14.3. The summed E-state index contributed by atoms with van der Waals surface area (Å²) in [6.45, 7) is 10.3. The Bertz CT molecular complexity index is 582. The molecule has 0 aliphatic rings. The lowest BCUT2D eigenvalue weighted by Crippen LogP contribution is -2.26. The second kappa shape index (κ2) is 5.49. The van der Waals surface area contributed by atoms with Crippen LogP contribution in [0.15, 0.2) is 30.3 Å². The smallest absolute Gasteiger partial charge is 0.136 e. The lowest BCUT2D eigenvalue weighted by Gasteiger charge is -2.21. The summed E-state index contributed by atoms with van der Waals surface area (Å²) < 4.78 is 0. The standard InChI is InChI=1S/C16H22N4/c1-11-6-8-13(9-7-11)19-14-10-15(18-12(2)17-14)20-16(3,4)5/h6-10H,1-5H3,(H2,17,18,19,20). The Morgan fingerprint density at radius 3 is 2.10 bits per heavy atom. The van der Waals surface area contributed by atoms with Gasteiger partial charge in [0, 0.05) is 17.3 Å². The molecular weight excluding hydrogens is 248 g/mol. The van der Waals surface area contributed by atoms with Gasteiger partial charge >= 0.3 is 0 Å². The van der Waals surface area contributed by atoms with Gasteiger partial charge in [-0.15, -0.1) is 0 Å². The van der Waals surface area contributed by atoms with Gasteiger partial charge in [0.25, 0.3) is 0 Å². The van der Waals surface area contributed by atoms with Gasteiger partial charge < -0.3 is 10.6 Å². The largest absolute Gasteiger partial charge is 0.365 e. The molecule has 0 aliphatic heterocycles. The van der Waals surface area contributed by atoms with Crippen molar-refractivity contribution in [2.75, 3.05) is 10.6 Å². The number of nitrogens with zero attached hydrogens (tertiary/aromatic N) is 2. The van der Waals surface area contributed by atoms with Crippen molar-refractivity contribution < 1.29 is 0 Å². The molecule has 2 N–H and O–H groups in total. The fraction of sp³-hybridized carbons (Fsp3) is 0.375. The van der Waals surface area contributed by atoms with Crippen LogP contribution in [0.4, 0.5) is 17.3 Å². The van der Waals surface area contributed by atoms with Crippen molar-refractivity contribution in [3.8, 4) is 0 Å².